The fourth-order valence-electron chi connectivity index (χ4n) is 5.18. The van der Waals surface area contributed by atoms with Gasteiger partial charge < -0.3 is 19.1 Å². The molecule has 196 valence electrons. The molecule has 3 aromatic carbocycles. The number of carbonyl (C=O) groups excluding carboxylic acids is 2. The lowest BCUT2D eigenvalue weighted by Crippen LogP contribution is -2.46. The Morgan fingerprint density at radius 3 is 2.53 bits per heavy atom. The summed E-state index contributed by atoms with van der Waals surface area (Å²) in [4.78, 5) is 31.1. The van der Waals surface area contributed by atoms with E-state index < -0.39 is 0 Å². The Labute approximate surface area is 228 Å². The number of hydrogen-bond acceptors (Lipinski definition) is 3. The number of para-hydroxylation sites is 1. The van der Waals surface area contributed by atoms with Gasteiger partial charge in [-0.3, -0.25) is 9.59 Å². The average Bonchev–Trinajstić information content (AvgIpc) is 3.27. The van der Waals surface area contributed by atoms with Crippen molar-refractivity contribution < 1.29 is 14.3 Å². The van der Waals surface area contributed by atoms with Crippen molar-refractivity contribution in [1.29, 1.82) is 0 Å². The smallest absolute Gasteiger partial charge is 0.257 e. The fraction of sp³-hybridized carbons (Fsp3) is 0.290. The summed E-state index contributed by atoms with van der Waals surface area (Å²) in [6.45, 7) is 1.39. The highest BCUT2D eigenvalue weighted by Crippen LogP contribution is 2.27. The molecule has 38 heavy (non-hydrogen) atoms. The van der Waals surface area contributed by atoms with Crippen molar-refractivity contribution in [2.75, 3.05) is 26.7 Å². The number of halogens is 1. The van der Waals surface area contributed by atoms with Crippen LogP contribution in [0.4, 0.5) is 0 Å². The molecule has 1 atom stereocenters. The van der Waals surface area contributed by atoms with E-state index in [-0.39, 0.29) is 24.5 Å². The van der Waals surface area contributed by atoms with Crippen LogP contribution in [-0.2, 0) is 13.5 Å². The highest BCUT2D eigenvalue weighted by molar-refractivity contribution is 6.31. The summed E-state index contributed by atoms with van der Waals surface area (Å²) in [7, 11) is 3.75. The molecular formula is C31H32ClN3O3. The number of amides is 2. The van der Waals surface area contributed by atoms with Crippen LogP contribution < -0.4 is 4.74 Å². The minimum absolute atomic E-state index is 0.0100. The van der Waals surface area contributed by atoms with E-state index in [2.05, 4.69) is 12.1 Å². The molecule has 0 saturated heterocycles. The van der Waals surface area contributed by atoms with Gasteiger partial charge in [-0.25, -0.2) is 0 Å². The summed E-state index contributed by atoms with van der Waals surface area (Å²) < 4.78 is 8.33. The molecule has 5 rings (SSSR count). The molecule has 0 radical (unpaired) electrons. The van der Waals surface area contributed by atoms with E-state index in [4.69, 9.17) is 16.3 Å². The van der Waals surface area contributed by atoms with Gasteiger partial charge >= 0.3 is 0 Å². The second kappa shape index (κ2) is 11.3. The third-order valence-corrected chi connectivity index (χ3v) is 7.47. The first-order valence-corrected chi connectivity index (χ1v) is 13.4. The molecule has 7 heteroatoms. The van der Waals surface area contributed by atoms with E-state index in [0.717, 1.165) is 29.3 Å². The van der Waals surface area contributed by atoms with E-state index in [1.165, 1.54) is 0 Å². The molecule has 6 nitrogen and oxygen atoms in total. The molecule has 0 bridgehead atoms. The predicted molar refractivity (Wildman–Crippen MR) is 151 cm³/mol. The molecule has 1 aliphatic rings. The highest BCUT2D eigenvalue weighted by atomic mass is 35.5. The number of benzene rings is 3. The topological polar surface area (TPSA) is 54.8 Å². The van der Waals surface area contributed by atoms with Crippen LogP contribution in [0.15, 0.2) is 79.0 Å². The lowest BCUT2D eigenvalue weighted by Gasteiger charge is -2.33. The zero-order chi connectivity index (χ0) is 26.6. The number of carbonyl (C=O) groups is 2. The zero-order valence-corrected chi connectivity index (χ0v) is 22.5. The largest absolute Gasteiger partial charge is 0.491 e. The van der Waals surface area contributed by atoms with Crippen molar-refractivity contribution >= 4 is 34.3 Å². The second-order valence-corrected chi connectivity index (χ2v) is 10.3. The van der Waals surface area contributed by atoms with Crippen molar-refractivity contribution in [2.24, 2.45) is 7.05 Å². The maximum absolute atomic E-state index is 14.2. The van der Waals surface area contributed by atoms with E-state index in [1.807, 2.05) is 65.2 Å². The quantitative estimate of drug-likeness (QED) is 0.335. The molecule has 2 heterocycles. The third-order valence-electron chi connectivity index (χ3n) is 7.24. The van der Waals surface area contributed by atoms with E-state index >= 15 is 0 Å². The second-order valence-electron chi connectivity index (χ2n) is 9.90. The first kappa shape index (κ1) is 25.9. The Hall–Kier alpha value is -3.77. The number of nitrogens with zero attached hydrogens (tertiary/aromatic N) is 3. The first-order valence-electron chi connectivity index (χ1n) is 13.0. The molecule has 0 fully saturated rings. The van der Waals surface area contributed by atoms with Crippen molar-refractivity contribution in [2.45, 2.75) is 25.3 Å². The fourth-order valence-corrected chi connectivity index (χ4v) is 5.35. The highest BCUT2D eigenvalue weighted by Gasteiger charge is 2.29. The van der Waals surface area contributed by atoms with Gasteiger partial charge in [-0.1, -0.05) is 60.1 Å². The van der Waals surface area contributed by atoms with Crippen LogP contribution in [0.5, 0.6) is 5.75 Å². The van der Waals surface area contributed by atoms with Gasteiger partial charge in [-0.2, -0.15) is 0 Å². The molecule has 0 spiro atoms. The van der Waals surface area contributed by atoms with Crippen molar-refractivity contribution in [1.82, 2.24) is 14.4 Å². The van der Waals surface area contributed by atoms with Crippen molar-refractivity contribution in [3.8, 4) is 5.75 Å². The molecule has 1 aromatic heterocycles. The maximum atomic E-state index is 14.2. The van der Waals surface area contributed by atoms with Crippen molar-refractivity contribution in [3.63, 3.8) is 0 Å². The van der Waals surface area contributed by atoms with Crippen LogP contribution in [0.1, 0.15) is 39.1 Å². The van der Waals surface area contributed by atoms with Gasteiger partial charge in [0.25, 0.3) is 11.8 Å². The first-order chi connectivity index (χ1) is 18.4. The SMILES string of the molecule is CN1CCCCN(C(=O)c2cn(C)c3ccccc23)[C@H](Cc2ccccc2)COc2ccc(Cl)cc2C1=O. The summed E-state index contributed by atoms with van der Waals surface area (Å²) >= 11 is 6.25. The van der Waals surface area contributed by atoms with Gasteiger partial charge in [-0.15, -0.1) is 0 Å². The van der Waals surface area contributed by atoms with Crippen LogP contribution in [-0.4, -0.2) is 59.0 Å². The van der Waals surface area contributed by atoms with Gasteiger partial charge in [-0.05, 0) is 49.1 Å². The van der Waals surface area contributed by atoms with Gasteiger partial charge in [0.05, 0.1) is 17.2 Å². The summed E-state index contributed by atoms with van der Waals surface area (Å²) in [5.74, 6) is 0.345. The summed E-state index contributed by atoms with van der Waals surface area (Å²) in [6.07, 6.45) is 4.10. The zero-order valence-electron chi connectivity index (χ0n) is 21.8. The Morgan fingerprint density at radius 2 is 1.71 bits per heavy atom. The summed E-state index contributed by atoms with van der Waals surface area (Å²) in [5, 5.41) is 1.42. The molecule has 1 aliphatic heterocycles. The minimum Gasteiger partial charge on any atom is -0.491 e. The van der Waals surface area contributed by atoms with E-state index in [0.29, 0.717) is 41.4 Å². The molecule has 0 aliphatic carbocycles. The number of aryl methyl sites for hydroxylation is 1. The lowest BCUT2D eigenvalue weighted by molar-refractivity contribution is 0.0592. The molecular weight excluding hydrogens is 498 g/mol. The lowest BCUT2D eigenvalue weighted by atomic mass is 10.0. The Balaban J connectivity index is 1.55. The Morgan fingerprint density at radius 1 is 0.974 bits per heavy atom. The van der Waals surface area contributed by atoms with Crippen LogP contribution >= 0.6 is 11.6 Å². The van der Waals surface area contributed by atoms with Crippen LogP contribution in [0.25, 0.3) is 10.9 Å². The predicted octanol–water partition coefficient (Wildman–Crippen LogP) is 5.83. The maximum Gasteiger partial charge on any atom is 0.257 e. The third kappa shape index (κ3) is 5.41. The number of fused-ring (bicyclic) bond motifs is 2. The average molecular weight is 530 g/mol. The summed E-state index contributed by atoms with van der Waals surface area (Å²) in [6, 6.07) is 23.0. The van der Waals surface area contributed by atoms with Crippen LogP contribution in [0.2, 0.25) is 5.02 Å². The minimum atomic E-state index is -0.236. The number of rotatable bonds is 3. The number of ether oxygens (including phenoxy) is 1. The van der Waals surface area contributed by atoms with E-state index in [9.17, 15) is 9.59 Å². The van der Waals surface area contributed by atoms with Crippen LogP contribution in [0, 0.1) is 0 Å². The van der Waals surface area contributed by atoms with Gasteiger partial charge in [0.15, 0.2) is 0 Å². The molecule has 0 unspecified atom stereocenters. The normalized spacial score (nSPS) is 16.9. The monoisotopic (exact) mass is 529 g/mol. The van der Waals surface area contributed by atoms with Crippen LogP contribution in [0.3, 0.4) is 0 Å². The molecule has 4 aromatic rings. The summed E-state index contributed by atoms with van der Waals surface area (Å²) in [5.41, 5.74) is 3.27. The number of aromatic nitrogens is 1. The van der Waals surface area contributed by atoms with Gasteiger partial charge in [0.1, 0.15) is 12.4 Å². The molecule has 2 amide bonds. The van der Waals surface area contributed by atoms with Gasteiger partial charge in [0, 0.05) is 49.3 Å². The Kier molecular flexibility index (Phi) is 7.70. The van der Waals surface area contributed by atoms with E-state index in [1.54, 1.807) is 30.1 Å². The molecule has 0 N–H and O–H groups in total. The van der Waals surface area contributed by atoms with Crippen molar-refractivity contribution in [3.05, 3.63) is 101 Å². The van der Waals surface area contributed by atoms with Gasteiger partial charge in [0.2, 0.25) is 0 Å². The standard InChI is InChI=1S/C31H32ClN3O3/c1-33-16-8-9-17-35(31(37)27-20-34(2)28-13-7-6-12-25(27)28)24(18-22-10-4-3-5-11-22)21-38-29-15-14-23(32)19-26(29)30(33)36/h3-7,10-15,19-20,24H,8-9,16-18,21H2,1-2H3/t24-/m1/s1. The Bertz CT molecular complexity index is 1450. The number of hydrogen-bond donors (Lipinski definition) is 0. The molecule has 0 saturated carbocycles.